The van der Waals surface area contributed by atoms with E-state index in [-0.39, 0.29) is 13.2 Å². The van der Waals surface area contributed by atoms with E-state index in [4.69, 9.17) is 15.2 Å². The molecule has 0 fully saturated rings. The average molecular weight is 311 g/mol. The van der Waals surface area contributed by atoms with E-state index in [0.29, 0.717) is 0 Å². The van der Waals surface area contributed by atoms with Crippen LogP contribution in [0.1, 0.15) is 11.1 Å². The van der Waals surface area contributed by atoms with Crippen molar-refractivity contribution in [2.24, 2.45) is 5.73 Å². The molecule has 4 heteroatoms. The second-order valence-electron chi connectivity index (χ2n) is 5.12. The van der Waals surface area contributed by atoms with Crippen molar-refractivity contribution in [3.63, 3.8) is 0 Å². The third kappa shape index (κ3) is 5.60. The summed E-state index contributed by atoms with van der Waals surface area (Å²) in [6, 6.07) is 18.1. The van der Waals surface area contributed by atoms with Crippen LogP contribution in [0.2, 0.25) is 0 Å². The van der Waals surface area contributed by atoms with Crippen LogP contribution in [0.5, 0.6) is 5.75 Å². The fourth-order valence-corrected chi connectivity index (χ4v) is 2.09. The van der Waals surface area contributed by atoms with E-state index in [2.05, 4.69) is 18.7 Å². The largest absolute Gasteiger partial charge is 0.490 e. The fraction of sp³-hybridized carbons (Fsp3) is 0.211. The van der Waals surface area contributed by atoms with E-state index in [1.165, 1.54) is 11.1 Å². The van der Waals surface area contributed by atoms with Crippen LogP contribution < -0.4 is 10.5 Å². The number of rotatable bonds is 8. The van der Waals surface area contributed by atoms with Gasteiger partial charge in [0.15, 0.2) is 0 Å². The van der Waals surface area contributed by atoms with Gasteiger partial charge < -0.3 is 15.2 Å². The molecule has 0 aromatic heterocycles. The van der Waals surface area contributed by atoms with E-state index >= 15 is 0 Å². The molecule has 2 aromatic rings. The number of carbonyl (C=O) groups excluding carboxylic acids is 1. The summed E-state index contributed by atoms with van der Waals surface area (Å²) >= 11 is 0. The molecule has 0 heterocycles. The lowest BCUT2D eigenvalue weighted by molar-refractivity contribution is -0.143. The van der Waals surface area contributed by atoms with Crippen LogP contribution in [0.3, 0.4) is 0 Å². The van der Waals surface area contributed by atoms with E-state index < -0.39 is 12.1 Å². The highest BCUT2D eigenvalue weighted by molar-refractivity contribution is 5.81. The predicted octanol–water partition coefficient (Wildman–Crippen LogP) is 2.71. The van der Waals surface area contributed by atoms with Gasteiger partial charge in [0.25, 0.3) is 0 Å². The van der Waals surface area contributed by atoms with Gasteiger partial charge in [-0.3, -0.25) is 0 Å². The lowest BCUT2D eigenvalue weighted by Crippen LogP contribution is -2.31. The summed E-state index contributed by atoms with van der Waals surface area (Å²) < 4.78 is 10.7. The van der Waals surface area contributed by atoms with Crippen molar-refractivity contribution in [3.05, 3.63) is 78.4 Å². The highest BCUT2D eigenvalue weighted by Crippen LogP contribution is 2.15. The Balaban J connectivity index is 1.87. The highest BCUT2D eigenvalue weighted by Gasteiger charge is 2.11. The second-order valence-corrected chi connectivity index (χ2v) is 5.12. The summed E-state index contributed by atoms with van der Waals surface area (Å²) in [4.78, 5) is 11.2. The first-order valence-corrected chi connectivity index (χ1v) is 7.50. The third-order valence-electron chi connectivity index (χ3n) is 3.32. The minimum absolute atomic E-state index is 0.200. The molecule has 2 aromatic carbocycles. The van der Waals surface area contributed by atoms with Gasteiger partial charge in [-0.1, -0.05) is 49.0 Å². The van der Waals surface area contributed by atoms with E-state index in [1.54, 1.807) is 0 Å². The molecule has 0 aliphatic rings. The SMILES string of the molecule is C=CC(=O)OC(CN)COc1ccc(Cc2ccccc2)cc1. The maximum atomic E-state index is 11.2. The normalized spacial score (nSPS) is 11.5. The zero-order chi connectivity index (χ0) is 16.5. The Morgan fingerprint density at radius 1 is 1.09 bits per heavy atom. The first kappa shape index (κ1) is 16.8. The van der Waals surface area contributed by atoms with Crippen molar-refractivity contribution < 1.29 is 14.3 Å². The molecule has 0 bridgehead atoms. The van der Waals surface area contributed by atoms with Gasteiger partial charge in [-0.2, -0.15) is 0 Å². The Morgan fingerprint density at radius 3 is 2.35 bits per heavy atom. The van der Waals surface area contributed by atoms with Gasteiger partial charge in [-0.15, -0.1) is 0 Å². The van der Waals surface area contributed by atoms with Crippen molar-refractivity contribution >= 4 is 5.97 Å². The third-order valence-corrected chi connectivity index (χ3v) is 3.32. The zero-order valence-corrected chi connectivity index (χ0v) is 13.0. The Kier molecular flexibility index (Phi) is 6.39. The lowest BCUT2D eigenvalue weighted by atomic mass is 10.1. The average Bonchev–Trinajstić information content (AvgIpc) is 2.60. The van der Waals surface area contributed by atoms with Crippen molar-refractivity contribution in [1.29, 1.82) is 0 Å². The fourth-order valence-electron chi connectivity index (χ4n) is 2.09. The molecule has 0 aliphatic heterocycles. The van der Waals surface area contributed by atoms with Crippen LogP contribution in [0.25, 0.3) is 0 Å². The summed E-state index contributed by atoms with van der Waals surface area (Å²) in [5, 5.41) is 0. The zero-order valence-electron chi connectivity index (χ0n) is 13.0. The number of esters is 1. The lowest BCUT2D eigenvalue weighted by Gasteiger charge is -2.16. The monoisotopic (exact) mass is 311 g/mol. The van der Waals surface area contributed by atoms with Crippen LogP contribution in [0.15, 0.2) is 67.3 Å². The van der Waals surface area contributed by atoms with Crippen LogP contribution in [0.4, 0.5) is 0 Å². The summed E-state index contributed by atoms with van der Waals surface area (Å²) in [5.74, 6) is 0.220. The Morgan fingerprint density at radius 2 is 1.74 bits per heavy atom. The first-order valence-electron chi connectivity index (χ1n) is 7.50. The van der Waals surface area contributed by atoms with E-state index in [1.807, 2.05) is 42.5 Å². The summed E-state index contributed by atoms with van der Waals surface area (Å²) in [7, 11) is 0. The number of ether oxygens (including phenoxy) is 2. The van der Waals surface area contributed by atoms with Gasteiger partial charge in [0.1, 0.15) is 18.5 Å². The number of hydrogen-bond acceptors (Lipinski definition) is 4. The van der Waals surface area contributed by atoms with Gasteiger partial charge in [0.05, 0.1) is 0 Å². The van der Waals surface area contributed by atoms with Gasteiger partial charge in [-0.05, 0) is 29.7 Å². The molecular formula is C19H21NO3. The standard InChI is InChI=1S/C19H21NO3/c1-2-19(21)23-18(13-20)14-22-17-10-8-16(9-11-17)12-15-6-4-3-5-7-15/h2-11,18H,1,12-14,20H2. The van der Waals surface area contributed by atoms with Crippen molar-refractivity contribution in [3.8, 4) is 5.75 Å². The summed E-state index contributed by atoms with van der Waals surface area (Å²) in [6.07, 6.45) is 1.51. The van der Waals surface area contributed by atoms with Crippen LogP contribution >= 0.6 is 0 Å². The van der Waals surface area contributed by atoms with Gasteiger partial charge in [0.2, 0.25) is 0 Å². The molecule has 0 aliphatic carbocycles. The molecule has 0 spiro atoms. The minimum Gasteiger partial charge on any atom is -0.490 e. The van der Waals surface area contributed by atoms with Crippen molar-refractivity contribution in [1.82, 2.24) is 0 Å². The second kappa shape index (κ2) is 8.76. The minimum atomic E-state index is -0.498. The Labute approximate surface area is 136 Å². The molecule has 23 heavy (non-hydrogen) atoms. The van der Waals surface area contributed by atoms with Crippen LogP contribution in [-0.2, 0) is 16.0 Å². The van der Waals surface area contributed by atoms with Crippen LogP contribution in [0, 0.1) is 0 Å². The molecule has 2 N–H and O–H groups in total. The molecule has 4 nitrogen and oxygen atoms in total. The van der Waals surface area contributed by atoms with Gasteiger partial charge in [-0.25, -0.2) is 4.79 Å². The maximum Gasteiger partial charge on any atom is 0.330 e. The highest BCUT2D eigenvalue weighted by atomic mass is 16.6. The maximum absolute atomic E-state index is 11.2. The quantitative estimate of drug-likeness (QED) is 0.601. The van der Waals surface area contributed by atoms with Gasteiger partial charge in [0, 0.05) is 12.6 Å². The Bertz CT molecular complexity index is 623. The number of hydrogen-bond donors (Lipinski definition) is 1. The molecule has 0 radical (unpaired) electrons. The Hall–Kier alpha value is -2.59. The molecule has 120 valence electrons. The summed E-state index contributed by atoms with van der Waals surface area (Å²) in [6.45, 7) is 3.77. The van der Waals surface area contributed by atoms with E-state index in [0.717, 1.165) is 18.2 Å². The topological polar surface area (TPSA) is 61.5 Å². The molecule has 1 atom stereocenters. The van der Waals surface area contributed by atoms with Gasteiger partial charge >= 0.3 is 5.97 Å². The number of benzene rings is 2. The molecule has 2 rings (SSSR count). The molecular weight excluding hydrogens is 290 g/mol. The van der Waals surface area contributed by atoms with Crippen LogP contribution in [-0.4, -0.2) is 25.2 Å². The van der Waals surface area contributed by atoms with E-state index in [9.17, 15) is 4.79 Å². The van der Waals surface area contributed by atoms with Crippen molar-refractivity contribution in [2.75, 3.05) is 13.2 Å². The summed E-state index contributed by atoms with van der Waals surface area (Å²) in [5.41, 5.74) is 8.03. The molecule has 0 saturated heterocycles. The molecule has 1 unspecified atom stereocenters. The number of nitrogens with two attached hydrogens (primary N) is 1. The predicted molar refractivity (Wildman–Crippen MR) is 90.3 cm³/mol. The first-order chi connectivity index (χ1) is 11.2. The molecule has 0 amide bonds. The number of carbonyl (C=O) groups is 1. The smallest absolute Gasteiger partial charge is 0.330 e. The van der Waals surface area contributed by atoms with Crippen molar-refractivity contribution in [2.45, 2.75) is 12.5 Å². The molecule has 0 saturated carbocycles.